The molecule has 2 N–H and O–H groups in total. The summed E-state index contributed by atoms with van der Waals surface area (Å²) in [4.78, 5) is 10.6. The van der Waals surface area contributed by atoms with Gasteiger partial charge in [0.2, 0.25) is 0 Å². The number of nitrogen functional groups attached to an aromatic ring is 1. The van der Waals surface area contributed by atoms with Crippen molar-refractivity contribution in [2.45, 2.75) is 32.4 Å². The van der Waals surface area contributed by atoms with Crippen LogP contribution in [0.15, 0.2) is 12.8 Å². The van der Waals surface area contributed by atoms with Crippen molar-refractivity contribution in [1.82, 2.24) is 9.97 Å². The van der Waals surface area contributed by atoms with Crippen LogP contribution in [0.4, 0.5) is 11.5 Å². The summed E-state index contributed by atoms with van der Waals surface area (Å²) in [7, 11) is 0. The quantitative estimate of drug-likeness (QED) is 0.663. The van der Waals surface area contributed by atoms with E-state index < -0.39 is 0 Å². The SMILES string of the molecule is C=CN(c1nc(C)nc(I)c1N)C1CCCCO1. The van der Waals surface area contributed by atoms with E-state index in [0.29, 0.717) is 17.3 Å². The van der Waals surface area contributed by atoms with E-state index in [2.05, 4.69) is 39.1 Å². The normalized spacial score (nSPS) is 19.6. The predicted molar refractivity (Wildman–Crippen MR) is 80.2 cm³/mol. The summed E-state index contributed by atoms with van der Waals surface area (Å²) in [6, 6.07) is 0. The largest absolute Gasteiger partial charge is 0.394 e. The molecule has 1 saturated heterocycles. The molecule has 1 unspecified atom stereocenters. The van der Waals surface area contributed by atoms with Gasteiger partial charge in [0.1, 0.15) is 21.4 Å². The van der Waals surface area contributed by atoms with Crippen molar-refractivity contribution in [3.63, 3.8) is 0 Å². The molecule has 0 aromatic carbocycles. The van der Waals surface area contributed by atoms with Crippen LogP contribution in [-0.4, -0.2) is 22.8 Å². The van der Waals surface area contributed by atoms with Gasteiger partial charge in [-0.1, -0.05) is 6.58 Å². The number of aryl methyl sites for hydroxylation is 1. The van der Waals surface area contributed by atoms with E-state index in [1.807, 2.05) is 11.8 Å². The Morgan fingerprint density at radius 2 is 2.28 bits per heavy atom. The Balaban J connectivity index is 2.34. The monoisotopic (exact) mass is 360 g/mol. The molecule has 0 spiro atoms. The van der Waals surface area contributed by atoms with Gasteiger partial charge >= 0.3 is 0 Å². The number of aromatic nitrogens is 2. The van der Waals surface area contributed by atoms with E-state index in [1.54, 1.807) is 6.20 Å². The number of nitrogens with zero attached hydrogens (tertiary/aromatic N) is 3. The number of hydrogen-bond donors (Lipinski definition) is 1. The van der Waals surface area contributed by atoms with Gasteiger partial charge in [-0.3, -0.25) is 0 Å². The molecule has 6 heteroatoms. The van der Waals surface area contributed by atoms with E-state index in [-0.39, 0.29) is 6.23 Å². The molecule has 1 aromatic heterocycles. The van der Waals surface area contributed by atoms with Gasteiger partial charge in [-0.2, -0.15) is 0 Å². The first-order chi connectivity index (χ1) is 8.63. The highest BCUT2D eigenvalue weighted by atomic mass is 127. The van der Waals surface area contributed by atoms with Gasteiger partial charge in [-0.15, -0.1) is 0 Å². The number of halogens is 1. The smallest absolute Gasteiger partial charge is 0.162 e. The maximum absolute atomic E-state index is 6.06. The first kappa shape index (κ1) is 13.5. The molecule has 0 amide bonds. The molecular weight excluding hydrogens is 343 g/mol. The van der Waals surface area contributed by atoms with Crippen molar-refractivity contribution < 1.29 is 4.74 Å². The Morgan fingerprint density at radius 3 is 2.89 bits per heavy atom. The summed E-state index contributed by atoms with van der Waals surface area (Å²) in [6.45, 7) is 6.47. The highest BCUT2D eigenvalue weighted by molar-refractivity contribution is 14.1. The highest BCUT2D eigenvalue weighted by Gasteiger charge is 2.24. The second-order valence-corrected chi connectivity index (χ2v) is 5.23. The number of rotatable bonds is 3. The van der Waals surface area contributed by atoms with Crippen LogP contribution in [0.1, 0.15) is 25.1 Å². The van der Waals surface area contributed by atoms with Crippen molar-refractivity contribution in [1.29, 1.82) is 0 Å². The van der Waals surface area contributed by atoms with Gasteiger partial charge < -0.3 is 15.4 Å². The molecule has 0 bridgehead atoms. The lowest BCUT2D eigenvalue weighted by atomic mass is 10.1. The average molecular weight is 360 g/mol. The Kier molecular flexibility index (Phi) is 4.39. The molecule has 2 rings (SSSR count). The van der Waals surface area contributed by atoms with Gasteiger partial charge in [0.25, 0.3) is 0 Å². The third-order valence-corrected chi connectivity index (χ3v) is 3.72. The fraction of sp³-hybridized carbons (Fsp3) is 0.500. The molecule has 18 heavy (non-hydrogen) atoms. The van der Waals surface area contributed by atoms with E-state index in [0.717, 1.165) is 29.6 Å². The maximum atomic E-state index is 6.06. The lowest BCUT2D eigenvalue weighted by Crippen LogP contribution is -2.37. The molecule has 5 nitrogen and oxygen atoms in total. The zero-order chi connectivity index (χ0) is 13.1. The summed E-state index contributed by atoms with van der Waals surface area (Å²) < 4.78 is 6.52. The first-order valence-corrected chi connectivity index (χ1v) is 7.03. The summed E-state index contributed by atoms with van der Waals surface area (Å²) in [5, 5.41) is 0. The Labute approximate surface area is 121 Å². The molecule has 0 radical (unpaired) electrons. The highest BCUT2D eigenvalue weighted by Crippen LogP contribution is 2.29. The second kappa shape index (κ2) is 5.83. The van der Waals surface area contributed by atoms with Crippen LogP contribution in [-0.2, 0) is 4.74 Å². The van der Waals surface area contributed by atoms with Crippen LogP contribution in [0.3, 0.4) is 0 Å². The Hall–Kier alpha value is -0.890. The van der Waals surface area contributed by atoms with Crippen LogP contribution in [0.5, 0.6) is 0 Å². The van der Waals surface area contributed by atoms with Crippen LogP contribution in [0.25, 0.3) is 0 Å². The minimum atomic E-state index is -0.0244. The van der Waals surface area contributed by atoms with Gasteiger partial charge in [0.05, 0.1) is 0 Å². The molecule has 1 aromatic rings. The van der Waals surface area contributed by atoms with Crippen LogP contribution < -0.4 is 10.6 Å². The minimum Gasteiger partial charge on any atom is -0.394 e. The zero-order valence-electron chi connectivity index (χ0n) is 10.4. The summed E-state index contributed by atoms with van der Waals surface area (Å²) in [5.74, 6) is 1.39. The standard InChI is InChI=1S/C12H17IN4O/c1-3-17(9-6-4-5-7-18-9)12-10(14)11(13)15-8(2)16-12/h3,9H,1,4-7,14H2,2H3. The molecule has 1 atom stereocenters. The third-order valence-electron chi connectivity index (χ3n) is 2.90. The fourth-order valence-electron chi connectivity index (χ4n) is 2.01. The third kappa shape index (κ3) is 2.74. The van der Waals surface area contributed by atoms with E-state index in [9.17, 15) is 0 Å². The van der Waals surface area contributed by atoms with E-state index in [1.165, 1.54) is 0 Å². The van der Waals surface area contributed by atoms with E-state index >= 15 is 0 Å². The summed E-state index contributed by atoms with van der Waals surface area (Å²) >= 11 is 2.12. The average Bonchev–Trinajstić information content (AvgIpc) is 2.37. The zero-order valence-corrected chi connectivity index (χ0v) is 12.6. The van der Waals surface area contributed by atoms with Crippen LogP contribution >= 0.6 is 22.6 Å². The van der Waals surface area contributed by atoms with Crippen molar-refractivity contribution in [2.24, 2.45) is 0 Å². The van der Waals surface area contributed by atoms with Crippen LogP contribution in [0.2, 0.25) is 0 Å². The molecule has 1 aliphatic heterocycles. The lowest BCUT2D eigenvalue weighted by molar-refractivity contribution is 0.0196. The first-order valence-electron chi connectivity index (χ1n) is 5.95. The fourth-order valence-corrected chi connectivity index (χ4v) is 2.60. The van der Waals surface area contributed by atoms with Gasteiger partial charge in [-0.05, 0) is 48.8 Å². The molecule has 98 valence electrons. The van der Waals surface area contributed by atoms with Gasteiger partial charge in [0, 0.05) is 12.8 Å². The predicted octanol–water partition coefficient (Wildman–Crippen LogP) is 2.45. The molecular formula is C12H17IN4O. The molecule has 1 aliphatic rings. The summed E-state index contributed by atoms with van der Waals surface area (Å²) in [5.41, 5.74) is 6.64. The summed E-state index contributed by atoms with van der Waals surface area (Å²) in [6.07, 6.45) is 4.92. The molecule has 2 heterocycles. The molecule has 0 saturated carbocycles. The minimum absolute atomic E-state index is 0.0244. The second-order valence-electron chi connectivity index (χ2n) is 4.21. The van der Waals surface area contributed by atoms with Gasteiger partial charge in [0.15, 0.2) is 5.82 Å². The van der Waals surface area contributed by atoms with Crippen LogP contribution in [0, 0.1) is 10.6 Å². The van der Waals surface area contributed by atoms with Crippen molar-refractivity contribution >= 4 is 34.1 Å². The number of ether oxygens (including phenoxy) is 1. The van der Waals surface area contributed by atoms with Crippen molar-refractivity contribution in [2.75, 3.05) is 17.2 Å². The number of nitrogens with two attached hydrogens (primary N) is 1. The van der Waals surface area contributed by atoms with Crippen molar-refractivity contribution in [3.8, 4) is 0 Å². The molecule has 0 aliphatic carbocycles. The Bertz CT molecular complexity index is 446. The lowest BCUT2D eigenvalue weighted by Gasteiger charge is -2.33. The van der Waals surface area contributed by atoms with Crippen molar-refractivity contribution in [3.05, 3.63) is 22.3 Å². The number of anilines is 2. The maximum Gasteiger partial charge on any atom is 0.162 e. The topological polar surface area (TPSA) is 64.3 Å². The molecule has 1 fully saturated rings. The Morgan fingerprint density at radius 1 is 1.50 bits per heavy atom. The van der Waals surface area contributed by atoms with E-state index in [4.69, 9.17) is 10.5 Å². The number of hydrogen-bond acceptors (Lipinski definition) is 5. The van der Waals surface area contributed by atoms with Gasteiger partial charge in [-0.25, -0.2) is 9.97 Å².